The molecule has 0 unspecified atom stereocenters. The molecule has 1 aromatic heterocycles. The van der Waals surface area contributed by atoms with E-state index in [0.717, 1.165) is 11.1 Å². The lowest BCUT2D eigenvalue weighted by Crippen LogP contribution is -2.36. The first-order valence-corrected chi connectivity index (χ1v) is 11.6. The van der Waals surface area contributed by atoms with E-state index in [9.17, 15) is 13.2 Å². The smallest absolute Gasteiger partial charge is 0.256 e. The van der Waals surface area contributed by atoms with Gasteiger partial charge in [0, 0.05) is 17.7 Å². The summed E-state index contributed by atoms with van der Waals surface area (Å²) in [5.41, 5.74) is 3.20. The summed E-state index contributed by atoms with van der Waals surface area (Å²) in [4.78, 5) is 13.0. The van der Waals surface area contributed by atoms with Crippen LogP contribution >= 0.6 is 0 Å². The third-order valence-electron chi connectivity index (χ3n) is 5.52. The lowest BCUT2D eigenvalue weighted by Gasteiger charge is -2.25. The number of amides is 1. The highest BCUT2D eigenvalue weighted by Gasteiger charge is 2.31. The van der Waals surface area contributed by atoms with Crippen molar-refractivity contribution in [3.8, 4) is 0 Å². The van der Waals surface area contributed by atoms with Crippen molar-refractivity contribution < 1.29 is 13.2 Å². The summed E-state index contributed by atoms with van der Waals surface area (Å²) in [5, 5.41) is 10.0. The molecule has 0 saturated carbocycles. The van der Waals surface area contributed by atoms with Gasteiger partial charge >= 0.3 is 0 Å². The Morgan fingerprint density at radius 2 is 1.74 bits per heavy atom. The van der Waals surface area contributed by atoms with Crippen LogP contribution in [0.2, 0.25) is 0 Å². The second kappa shape index (κ2) is 7.94. The van der Waals surface area contributed by atoms with Crippen molar-refractivity contribution in [2.75, 3.05) is 11.9 Å². The van der Waals surface area contributed by atoms with E-state index in [-0.39, 0.29) is 22.8 Å². The van der Waals surface area contributed by atoms with Gasteiger partial charge in [-0.25, -0.2) is 8.42 Å². The van der Waals surface area contributed by atoms with E-state index < -0.39 is 10.0 Å². The molecule has 1 aliphatic heterocycles. The molecular formula is C23H26N4O3S. The average molecular weight is 439 g/mol. The molecule has 1 amide bonds. The summed E-state index contributed by atoms with van der Waals surface area (Å²) in [6.45, 7) is 6.87. The minimum atomic E-state index is -3.59. The Balaban J connectivity index is 1.49. The van der Waals surface area contributed by atoms with Crippen LogP contribution in [0.5, 0.6) is 0 Å². The quantitative estimate of drug-likeness (QED) is 0.649. The molecule has 3 aromatic rings. The Morgan fingerprint density at radius 3 is 2.39 bits per heavy atom. The second-order valence-electron chi connectivity index (χ2n) is 8.71. The molecule has 0 spiro atoms. The molecular weight excluding hydrogens is 412 g/mol. The van der Waals surface area contributed by atoms with Crippen LogP contribution in [-0.2, 0) is 28.4 Å². The zero-order chi connectivity index (χ0) is 22.2. The maximum atomic E-state index is 12.9. The van der Waals surface area contributed by atoms with Crippen LogP contribution in [0, 0.1) is 0 Å². The normalized spacial score (nSPS) is 14.8. The second-order valence-corrected chi connectivity index (χ2v) is 10.6. The monoisotopic (exact) mass is 438 g/mol. The first kappa shape index (κ1) is 21.3. The molecule has 1 aliphatic rings. The predicted molar refractivity (Wildman–Crippen MR) is 119 cm³/mol. The summed E-state index contributed by atoms with van der Waals surface area (Å²) >= 11 is 0. The zero-order valence-corrected chi connectivity index (χ0v) is 18.7. The third kappa shape index (κ3) is 4.26. The van der Waals surface area contributed by atoms with Crippen molar-refractivity contribution in [2.24, 2.45) is 0 Å². The minimum absolute atomic E-state index is 0.0173. The first-order valence-electron chi connectivity index (χ1n) is 10.2. The molecule has 0 bridgehead atoms. The predicted octanol–water partition coefficient (Wildman–Crippen LogP) is 3.71. The third-order valence-corrected chi connectivity index (χ3v) is 7.38. The summed E-state index contributed by atoms with van der Waals surface area (Å²) < 4.78 is 27.2. The fourth-order valence-electron chi connectivity index (χ4n) is 3.64. The Labute approximate surface area is 182 Å². The zero-order valence-electron chi connectivity index (χ0n) is 17.8. The Morgan fingerprint density at radius 1 is 1.06 bits per heavy atom. The SMILES string of the molecule is CC(C)(C)c1ccc(C(=O)Nc2[nH]nc3c2CCN(S(=O)(=O)c2ccccc2)C3)cc1. The van der Waals surface area contributed by atoms with E-state index in [4.69, 9.17) is 0 Å². The fraction of sp³-hybridized carbons (Fsp3) is 0.304. The van der Waals surface area contributed by atoms with Crippen molar-refractivity contribution >= 4 is 21.7 Å². The summed E-state index contributed by atoms with van der Waals surface area (Å²) in [5.74, 6) is 0.294. The fourth-order valence-corrected chi connectivity index (χ4v) is 5.07. The first-order chi connectivity index (χ1) is 14.7. The van der Waals surface area contributed by atoms with Gasteiger partial charge in [0.15, 0.2) is 0 Å². The van der Waals surface area contributed by atoms with Crippen LogP contribution in [0.25, 0.3) is 0 Å². The molecule has 2 N–H and O–H groups in total. The molecule has 7 nitrogen and oxygen atoms in total. The average Bonchev–Trinajstić information content (AvgIpc) is 3.16. The van der Waals surface area contributed by atoms with Crippen LogP contribution in [0.15, 0.2) is 59.5 Å². The number of aromatic amines is 1. The van der Waals surface area contributed by atoms with E-state index in [1.54, 1.807) is 30.3 Å². The summed E-state index contributed by atoms with van der Waals surface area (Å²) in [6, 6.07) is 15.9. The Bertz CT molecular complexity index is 1190. The maximum Gasteiger partial charge on any atom is 0.256 e. The molecule has 0 radical (unpaired) electrons. The van der Waals surface area contributed by atoms with E-state index >= 15 is 0 Å². The van der Waals surface area contributed by atoms with E-state index in [0.29, 0.717) is 30.0 Å². The number of nitrogens with zero attached hydrogens (tertiary/aromatic N) is 2. The lowest BCUT2D eigenvalue weighted by atomic mass is 9.87. The van der Waals surface area contributed by atoms with Crippen molar-refractivity contribution in [1.82, 2.24) is 14.5 Å². The molecule has 0 atom stereocenters. The molecule has 0 aliphatic carbocycles. The molecule has 4 rings (SSSR count). The number of sulfonamides is 1. The van der Waals surface area contributed by atoms with Crippen LogP contribution in [0.4, 0.5) is 5.82 Å². The van der Waals surface area contributed by atoms with E-state index in [2.05, 4.69) is 36.3 Å². The van der Waals surface area contributed by atoms with E-state index in [1.165, 1.54) is 4.31 Å². The topological polar surface area (TPSA) is 95.2 Å². The van der Waals surface area contributed by atoms with E-state index in [1.807, 2.05) is 24.3 Å². The number of anilines is 1. The standard InChI is InChI=1S/C23H26N4O3S/c1-23(2,3)17-11-9-16(10-12-17)22(28)24-21-19-13-14-27(15-20(19)25-26-21)31(29,30)18-7-5-4-6-8-18/h4-12H,13-15H2,1-3H3,(H2,24,25,26,28). The van der Waals surface area contributed by atoms with Gasteiger partial charge in [0.1, 0.15) is 5.82 Å². The summed E-state index contributed by atoms with van der Waals surface area (Å²) in [6.07, 6.45) is 0.469. The van der Waals surface area contributed by atoms with Crippen LogP contribution in [0.3, 0.4) is 0 Å². The van der Waals surface area contributed by atoms with Crippen molar-refractivity contribution in [3.05, 3.63) is 77.0 Å². The number of carbonyl (C=O) groups is 1. The highest BCUT2D eigenvalue weighted by molar-refractivity contribution is 7.89. The molecule has 162 valence electrons. The molecule has 0 fully saturated rings. The van der Waals surface area contributed by atoms with Gasteiger partial charge in [-0.05, 0) is 41.7 Å². The van der Waals surface area contributed by atoms with Gasteiger partial charge < -0.3 is 5.32 Å². The lowest BCUT2D eigenvalue weighted by molar-refractivity contribution is 0.102. The van der Waals surface area contributed by atoms with Crippen LogP contribution in [0.1, 0.15) is 48.0 Å². The highest BCUT2D eigenvalue weighted by Crippen LogP contribution is 2.28. The van der Waals surface area contributed by atoms with Gasteiger partial charge in [0.05, 0.1) is 17.1 Å². The Hall–Kier alpha value is -2.97. The van der Waals surface area contributed by atoms with Crippen molar-refractivity contribution in [3.63, 3.8) is 0 Å². The highest BCUT2D eigenvalue weighted by atomic mass is 32.2. The molecule has 2 heterocycles. The van der Waals surface area contributed by atoms with Gasteiger partial charge in [-0.2, -0.15) is 9.40 Å². The number of fused-ring (bicyclic) bond motifs is 1. The van der Waals surface area contributed by atoms with Gasteiger partial charge in [-0.1, -0.05) is 51.1 Å². The summed E-state index contributed by atoms with van der Waals surface area (Å²) in [7, 11) is -3.59. The number of H-pyrrole nitrogens is 1. The maximum absolute atomic E-state index is 12.9. The van der Waals surface area contributed by atoms with Crippen molar-refractivity contribution in [1.29, 1.82) is 0 Å². The minimum Gasteiger partial charge on any atom is -0.307 e. The van der Waals surface area contributed by atoms with Gasteiger partial charge in [0.25, 0.3) is 5.91 Å². The number of hydrogen-bond donors (Lipinski definition) is 2. The number of rotatable bonds is 4. The van der Waals surface area contributed by atoms with Gasteiger partial charge in [-0.3, -0.25) is 9.89 Å². The molecule has 2 aromatic carbocycles. The van der Waals surface area contributed by atoms with Gasteiger partial charge in [-0.15, -0.1) is 0 Å². The number of nitrogens with one attached hydrogen (secondary N) is 2. The number of benzene rings is 2. The van der Waals surface area contributed by atoms with Crippen LogP contribution in [-0.4, -0.2) is 35.4 Å². The molecule has 0 saturated heterocycles. The number of carbonyl (C=O) groups excluding carboxylic acids is 1. The number of hydrogen-bond acceptors (Lipinski definition) is 4. The van der Waals surface area contributed by atoms with Crippen LogP contribution < -0.4 is 5.32 Å². The molecule has 31 heavy (non-hydrogen) atoms. The largest absolute Gasteiger partial charge is 0.307 e. The van der Waals surface area contributed by atoms with Crippen molar-refractivity contribution in [2.45, 2.75) is 44.0 Å². The van der Waals surface area contributed by atoms with Gasteiger partial charge in [0.2, 0.25) is 10.0 Å². The number of aromatic nitrogens is 2. The molecule has 8 heteroatoms. The Kier molecular flexibility index (Phi) is 5.45.